The largest absolute Gasteiger partial charge is 0.351 e. The summed E-state index contributed by atoms with van der Waals surface area (Å²) in [5.74, 6) is 0.0713. The van der Waals surface area contributed by atoms with Crippen LogP contribution in [0.15, 0.2) is 0 Å². The third-order valence-corrected chi connectivity index (χ3v) is 2.00. The van der Waals surface area contributed by atoms with Gasteiger partial charge < -0.3 is 10.2 Å². The molecule has 0 bridgehead atoms. The highest BCUT2D eigenvalue weighted by atomic mass is 16.2. The first-order valence-electron chi connectivity index (χ1n) is 4.18. The molecule has 0 aliphatic carbocycles. The predicted octanol–water partition coefficient (Wildman–Crippen LogP) is -0.257. The molecule has 1 aliphatic heterocycles. The van der Waals surface area contributed by atoms with Crippen molar-refractivity contribution in [2.45, 2.75) is 26.3 Å². The fraction of sp³-hybridized carbons (Fsp3) is 0.750. The Hall–Kier alpha value is -1.06. The van der Waals surface area contributed by atoms with Crippen LogP contribution in [0.1, 0.15) is 20.3 Å². The number of amides is 2. The number of nitrogens with one attached hydrogen (secondary N) is 1. The molecule has 68 valence electrons. The van der Waals surface area contributed by atoms with Crippen molar-refractivity contribution in [3.05, 3.63) is 0 Å². The molecule has 1 N–H and O–H groups in total. The zero-order chi connectivity index (χ0) is 9.14. The van der Waals surface area contributed by atoms with E-state index in [-0.39, 0.29) is 17.9 Å². The molecule has 0 aromatic rings. The van der Waals surface area contributed by atoms with Gasteiger partial charge in [0.2, 0.25) is 11.8 Å². The first-order valence-corrected chi connectivity index (χ1v) is 4.18. The van der Waals surface area contributed by atoms with Gasteiger partial charge in [-0.1, -0.05) is 0 Å². The maximum Gasteiger partial charge on any atom is 0.224 e. The van der Waals surface area contributed by atoms with Crippen molar-refractivity contribution in [2.75, 3.05) is 13.1 Å². The van der Waals surface area contributed by atoms with Crippen molar-refractivity contribution < 1.29 is 9.59 Å². The Bertz CT molecular complexity index is 203. The number of likely N-dealkylation sites (N-methyl/N-ethyl adjacent to an activating group) is 1. The molecule has 1 aliphatic rings. The summed E-state index contributed by atoms with van der Waals surface area (Å²) in [6, 6.07) is 0.0231. The molecule has 12 heavy (non-hydrogen) atoms. The topological polar surface area (TPSA) is 49.4 Å². The number of hydrogen-bond acceptors (Lipinski definition) is 2. The fourth-order valence-corrected chi connectivity index (χ4v) is 1.46. The van der Waals surface area contributed by atoms with Crippen LogP contribution in [0.25, 0.3) is 0 Å². The van der Waals surface area contributed by atoms with Crippen LogP contribution in [0.2, 0.25) is 0 Å². The van der Waals surface area contributed by atoms with Gasteiger partial charge in [0.15, 0.2) is 0 Å². The van der Waals surface area contributed by atoms with E-state index in [4.69, 9.17) is 0 Å². The number of hydrogen-bond donors (Lipinski definition) is 1. The monoisotopic (exact) mass is 170 g/mol. The Kier molecular flexibility index (Phi) is 2.68. The predicted molar refractivity (Wildman–Crippen MR) is 44.5 cm³/mol. The summed E-state index contributed by atoms with van der Waals surface area (Å²) in [5, 5.41) is 2.74. The lowest BCUT2D eigenvalue weighted by Gasteiger charge is -2.13. The molecular formula is C8H14N2O2. The zero-order valence-corrected chi connectivity index (χ0v) is 7.46. The van der Waals surface area contributed by atoms with Crippen molar-refractivity contribution in [1.29, 1.82) is 0 Å². The molecule has 1 heterocycles. The molecule has 1 fully saturated rings. The van der Waals surface area contributed by atoms with E-state index in [1.54, 1.807) is 4.90 Å². The van der Waals surface area contributed by atoms with Gasteiger partial charge in [0.25, 0.3) is 0 Å². The van der Waals surface area contributed by atoms with Gasteiger partial charge in [-0.15, -0.1) is 0 Å². The third kappa shape index (κ3) is 1.96. The lowest BCUT2D eigenvalue weighted by molar-refractivity contribution is -0.127. The molecule has 1 rings (SSSR count). The van der Waals surface area contributed by atoms with E-state index in [1.165, 1.54) is 6.92 Å². The number of rotatable bonds is 2. The van der Waals surface area contributed by atoms with Gasteiger partial charge in [-0.3, -0.25) is 9.59 Å². The van der Waals surface area contributed by atoms with Crippen molar-refractivity contribution in [2.24, 2.45) is 0 Å². The zero-order valence-electron chi connectivity index (χ0n) is 7.46. The molecule has 4 heteroatoms. The van der Waals surface area contributed by atoms with Crippen LogP contribution in [0.4, 0.5) is 0 Å². The van der Waals surface area contributed by atoms with Gasteiger partial charge in [-0.05, 0) is 6.92 Å². The van der Waals surface area contributed by atoms with Crippen molar-refractivity contribution in [3.8, 4) is 0 Å². The van der Waals surface area contributed by atoms with E-state index in [0.29, 0.717) is 13.0 Å². The lowest BCUT2D eigenvalue weighted by atomic mass is 10.2. The summed E-state index contributed by atoms with van der Waals surface area (Å²) in [6.07, 6.45) is 0.452. The summed E-state index contributed by atoms with van der Waals surface area (Å²) in [5.41, 5.74) is 0. The minimum Gasteiger partial charge on any atom is -0.351 e. The van der Waals surface area contributed by atoms with Crippen LogP contribution in [-0.4, -0.2) is 35.8 Å². The fourth-order valence-electron chi connectivity index (χ4n) is 1.46. The molecular weight excluding hydrogens is 156 g/mol. The van der Waals surface area contributed by atoms with Crippen LogP contribution in [0.3, 0.4) is 0 Å². The molecule has 1 saturated heterocycles. The number of nitrogens with zero attached hydrogens (tertiary/aromatic N) is 1. The Labute approximate surface area is 71.9 Å². The highest BCUT2D eigenvalue weighted by Crippen LogP contribution is 2.09. The van der Waals surface area contributed by atoms with Gasteiger partial charge >= 0.3 is 0 Å². The second-order valence-electron chi connectivity index (χ2n) is 3.03. The first kappa shape index (κ1) is 9.03. The van der Waals surface area contributed by atoms with Crippen LogP contribution in [0, 0.1) is 0 Å². The van der Waals surface area contributed by atoms with Gasteiger partial charge in [-0.2, -0.15) is 0 Å². The SMILES string of the molecule is CCN1CC(NC(C)=O)CC1=O. The average molecular weight is 170 g/mol. The molecule has 0 radical (unpaired) electrons. The van der Waals surface area contributed by atoms with Crippen LogP contribution in [-0.2, 0) is 9.59 Å². The molecule has 0 spiro atoms. The summed E-state index contributed by atoms with van der Waals surface area (Å²) in [6.45, 7) is 4.80. The quantitative estimate of drug-likeness (QED) is 0.621. The van der Waals surface area contributed by atoms with E-state index in [0.717, 1.165) is 6.54 Å². The van der Waals surface area contributed by atoms with Crippen LogP contribution in [0.5, 0.6) is 0 Å². The van der Waals surface area contributed by atoms with Crippen LogP contribution >= 0.6 is 0 Å². The molecule has 0 aromatic carbocycles. The molecule has 0 saturated carbocycles. The van der Waals surface area contributed by atoms with Crippen molar-refractivity contribution in [3.63, 3.8) is 0 Å². The summed E-state index contributed by atoms with van der Waals surface area (Å²) in [7, 11) is 0. The smallest absolute Gasteiger partial charge is 0.224 e. The van der Waals surface area contributed by atoms with Gasteiger partial charge in [0, 0.05) is 26.4 Å². The van der Waals surface area contributed by atoms with E-state index in [1.807, 2.05) is 6.92 Å². The molecule has 0 aromatic heterocycles. The molecule has 4 nitrogen and oxygen atoms in total. The highest BCUT2D eigenvalue weighted by molar-refractivity contribution is 5.81. The second kappa shape index (κ2) is 3.56. The first-order chi connectivity index (χ1) is 5.63. The number of carbonyl (C=O) groups excluding carboxylic acids is 2. The maximum absolute atomic E-state index is 11.2. The van der Waals surface area contributed by atoms with E-state index in [2.05, 4.69) is 5.32 Å². The van der Waals surface area contributed by atoms with E-state index < -0.39 is 0 Å². The van der Waals surface area contributed by atoms with E-state index in [9.17, 15) is 9.59 Å². The maximum atomic E-state index is 11.2. The minimum absolute atomic E-state index is 0.0231. The number of likely N-dealkylation sites (tertiary alicyclic amines) is 1. The lowest BCUT2D eigenvalue weighted by Crippen LogP contribution is -2.35. The Morgan fingerprint density at radius 2 is 2.42 bits per heavy atom. The second-order valence-corrected chi connectivity index (χ2v) is 3.03. The van der Waals surface area contributed by atoms with Gasteiger partial charge in [-0.25, -0.2) is 0 Å². The standard InChI is InChI=1S/C8H14N2O2/c1-3-10-5-7(4-8(10)12)9-6(2)11/h7H,3-5H2,1-2H3,(H,9,11). The van der Waals surface area contributed by atoms with Crippen molar-refractivity contribution in [1.82, 2.24) is 10.2 Å². The molecule has 1 unspecified atom stereocenters. The molecule has 1 atom stereocenters. The average Bonchev–Trinajstić information content (AvgIpc) is 2.29. The highest BCUT2D eigenvalue weighted by Gasteiger charge is 2.28. The number of carbonyl (C=O) groups is 2. The summed E-state index contributed by atoms with van der Waals surface area (Å²) in [4.78, 5) is 23.6. The Balaban J connectivity index is 2.43. The van der Waals surface area contributed by atoms with Crippen molar-refractivity contribution >= 4 is 11.8 Å². The Morgan fingerprint density at radius 3 is 2.83 bits per heavy atom. The summed E-state index contributed by atoms with van der Waals surface area (Å²) >= 11 is 0. The van der Waals surface area contributed by atoms with Crippen LogP contribution < -0.4 is 5.32 Å². The summed E-state index contributed by atoms with van der Waals surface area (Å²) < 4.78 is 0. The van der Waals surface area contributed by atoms with Gasteiger partial charge in [0.05, 0.1) is 6.04 Å². The molecule has 2 amide bonds. The normalized spacial score (nSPS) is 23.0. The Morgan fingerprint density at radius 1 is 1.75 bits per heavy atom. The van der Waals surface area contributed by atoms with Gasteiger partial charge in [0.1, 0.15) is 0 Å². The van der Waals surface area contributed by atoms with E-state index >= 15 is 0 Å². The minimum atomic E-state index is -0.0641. The third-order valence-electron chi connectivity index (χ3n) is 2.00.